The van der Waals surface area contributed by atoms with Crippen molar-refractivity contribution in [3.8, 4) is 11.1 Å². The zero-order chi connectivity index (χ0) is 24.7. The van der Waals surface area contributed by atoms with E-state index in [1.165, 1.54) is 23.1 Å². The van der Waals surface area contributed by atoms with Gasteiger partial charge in [0.15, 0.2) is 10.8 Å². The number of amides is 2. The molecule has 0 radical (unpaired) electrons. The molecule has 2 aromatic carbocycles. The second-order valence-corrected chi connectivity index (χ2v) is 10.5. The topological polar surface area (TPSA) is 102 Å². The minimum Gasteiger partial charge on any atom is -0.365 e. The van der Waals surface area contributed by atoms with E-state index in [2.05, 4.69) is 21.6 Å². The molecule has 3 N–H and O–H groups in total. The Labute approximate surface area is 210 Å². The molecule has 3 heterocycles. The molecule has 0 saturated heterocycles. The van der Waals surface area contributed by atoms with Crippen LogP contribution in [0, 0.1) is 13.8 Å². The second-order valence-electron chi connectivity index (χ2n) is 8.35. The Morgan fingerprint density at radius 3 is 2.57 bits per heavy atom. The number of hydrogen-bond acceptors (Lipinski definition) is 6. The number of nitrogens with zero attached hydrogens (tertiary/aromatic N) is 3. The number of aromatic nitrogens is 3. The van der Waals surface area contributed by atoms with Gasteiger partial charge in [0, 0.05) is 16.3 Å². The number of nitrogens with two attached hydrogens (primary N) is 1. The number of pyridine rings is 1. The van der Waals surface area contributed by atoms with Crippen LogP contribution in [0.4, 0.5) is 5.00 Å². The first-order valence-corrected chi connectivity index (χ1v) is 12.8. The van der Waals surface area contributed by atoms with Crippen LogP contribution in [-0.2, 0) is 4.79 Å². The van der Waals surface area contributed by atoms with Gasteiger partial charge in [0.05, 0.1) is 16.3 Å². The average Bonchev–Trinajstić information content (AvgIpc) is 3.44. The van der Waals surface area contributed by atoms with Crippen LogP contribution >= 0.6 is 23.1 Å². The fourth-order valence-corrected chi connectivity index (χ4v) is 5.86. The van der Waals surface area contributed by atoms with Gasteiger partial charge in [0.1, 0.15) is 5.00 Å². The van der Waals surface area contributed by atoms with Gasteiger partial charge in [0.2, 0.25) is 5.91 Å². The van der Waals surface area contributed by atoms with Crippen LogP contribution < -0.4 is 11.1 Å². The number of fused-ring (bicyclic) bond motifs is 3. The maximum atomic E-state index is 13.1. The highest BCUT2D eigenvalue weighted by atomic mass is 32.2. The summed E-state index contributed by atoms with van der Waals surface area (Å²) in [5, 5.41) is 15.1. The molecule has 5 aromatic rings. The average molecular weight is 502 g/mol. The lowest BCUT2D eigenvalue weighted by Gasteiger charge is -2.12. The molecule has 3 aromatic heterocycles. The van der Waals surface area contributed by atoms with Crippen molar-refractivity contribution in [1.29, 1.82) is 0 Å². The van der Waals surface area contributed by atoms with Crippen molar-refractivity contribution in [1.82, 2.24) is 14.6 Å². The molecular weight excluding hydrogens is 478 g/mol. The van der Waals surface area contributed by atoms with Crippen LogP contribution in [0.5, 0.6) is 0 Å². The van der Waals surface area contributed by atoms with Gasteiger partial charge in [-0.2, -0.15) is 0 Å². The number of carbonyl (C=O) groups is 2. The first-order valence-electron chi connectivity index (χ1n) is 11.0. The minimum atomic E-state index is -0.581. The SMILES string of the molecule is Cc1ccc(-c2csc(NC(=O)C(C)Sc3nnc4cc(C)c5ccccc5n34)c2C(N)=O)cc1. The van der Waals surface area contributed by atoms with E-state index >= 15 is 0 Å². The summed E-state index contributed by atoms with van der Waals surface area (Å²) in [5.74, 6) is -0.828. The summed E-state index contributed by atoms with van der Waals surface area (Å²) < 4.78 is 1.96. The minimum absolute atomic E-state index is 0.247. The number of primary amides is 1. The van der Waals surface area contributed by atoms with Gasteiger partial charge in [-0.3, -0.25) is 14.0 Å². The van der Waals surface area contributed by atoms with E-state index < -0.39 is 11.2 Å². The highest BCUT2D eigenvalue weighted by Gasteiger charge is 2.24. The maximum Gasteiger partial charge on any atom is 0.252 e. The van der Waals surface area contributed by atoms with E-state index in [0.717, 1.165) is 33.2 Å². The Morgan fingerprint density at radius 1 is 1.09 bits per heavy atom. The van der Waals surface area contributed by atoms with Gasteiger partial charge in [-0.15, -0.1) is 21.5 Å². The van der Waals surface area contributed by atoms with Gasteiger partial charge >= 0.3 is 0 Å². The summed E-state index contributed by atoms with van der Waals surface area (Å²) >= 11 is 2.60. The summed E-state index contributed by atoms with van der Waals surface area (Å²) in [6.07, 6.45) is 0. The fourth-order valence-electron chi connectivity index (χ4n) is 4.02. The highest BCUT2D eigenvalue weighted by Crippen LogP contribution is 2.36. The lowest BCUT2D eigenvalue weighted by molar-refractivity contribution is -0.115. The number of aryl methyl sites for hydroxylation is 2. The molecule has 2 amide bonds. The monoisotopic (exact) mass is 501 g/mol. The lowest BCUT2D eigenvalue weighted by Crippen LogP contribution is -2.24. The van der Waals surface area contributed by atoms with E-state index in [9.17, 15) is 9.59 Å². The van der Waals surface area contributed by atoms with E-state index in [1.807, 2.05) is 72.2 Å². The van der Waals surface area contributed by atoms with Crippen molar-refractivity contribution in [2.75, 3.05) is 5.32 Å². The van der Waals surface area contributed by atoms with Crippen molar-refractivity contribution in [2.45, 2.75) is 31.2 Å². The predicted octanol–water partition coefficient (Wildman–Crippen LogP) is 5.45. The number of rotatable bonds is 6. The third-order valence-electron chi connectivity index (χ3n) is 5.86. The smallest absolute Gasteiger partial charge is 0.252 e. The van der Waals surface area contributed by atoms with Crippen molar-refractivity contribution in [2.24, 2.45) is 5.73 Å². The Hall–Kier alpha value is -3.69. The summed E-state index contributed by atoms with van der Waals surface area (Å²) in [4.78, 5) is 25.4. The summed E-state index contributed by atoms with van der Waals surface area (Å²) in [5.41, 5.74) is 11.6. The summed E-state index contributed by atoms with van der Waals surface area (Å²) in [7, 11) is 0. The number of para-hydroxylation sites is 1. The largest absolute Gasteiger partial charge is 0.365 e. The molecule has 0 spiro atoms. The molecule has 1 atom stereocenters. The zero-order valence-corrected chi connectivity index (χ0v) is 21.0. The van der Waals surface area contributed by atoms with Crippen LogP contribution in [0.3, 0.4) is 0 Å². The molecule has 9 heteroatoms. The van der Waals surface area contributed by atoms with Crippen LogP contribution in [0.15, 0.2) is 65.1 Å². The lowest BCUT2D eigenvalue weighted by atomic mass is 10.0. The van der Waals surface area contributed by atoms with Crippen LogP contribution in [0.1, 0.15) is 28.4 Å². The van der Waals surface area contributed by atoms with Gasteiger partial charge in [-0.05, 0) is 44.0 Å². The Morgan fingerprint density at radius 2 is 1.83 bits per heavy atom. The van der Waals surface area contributed by atoms with Crippen LogP contribution in [0.2, 0.25) is 0 Å². The van der Waals surface area contributed by atoms with Crippen LogP contribution in [-0.4, -0.2) is 31.7 Å². The van der Waals surface area contributed by atoms with Crippen molar-refractivity contribution in [3.63, 3.8) is 0 Å². The second kappa shape index (κ2) is 9.16. The number of nitrogens with one attached hydrogen (secondary N) is 1. The predicted molar refractivity (Wildman–Crippen MR) is 142 cm³/mol. The molecule has 7 nitrogen and oxygen atoms in total. The number of carbonyl (C=O) groups excluding carboxylic acids is 2. The van der Waals surface area contributed by atoms with E-state index in [0.29, 0.717) is 21.3 Å². The van der Waals surface area contributed by atoms with Gasteiger partial charge in [-0.1, -0.05) is 59.8 Å². The number of anilines is 1. The number of benzene rings is 2. The van der Waals surface area contributed by atoms with Crippen LogP contribution in [0.25, 0.3) is 27.7 Å². The summed E-state index contributed by atoms with van der Waals surface area (Å²) in [6, 6.07) is 17.9. The third-order valence-corrected chi connectivity index (χ3v) is 7.80. The zero-order valence-electron chi connectivity index (χ0n) is 19.4. The molecule has 1 unspecified atom stereocenters. The standard InChI is InChI=1S/C26H23N5O2S2/c1-14-8-10-17(11-9-14)19-13-34-25(22(19)23(27)32)28-24(33)16(3)35-26-30-29-21-12-15(2)18-6-4-5-7-20(18)31(21)26/h4-13,16H,1-3H3,(H2,27,32)(H,28,33). The number of hydrogen-bond donors (Lipinski definition) is 2. The van der Waals surface area contributed by atoms with Crippen molar-refractivity contribution < 1.29 is 9.59 Å². The quantitative estimate of drug-likeness (QED) is 0.301. The number of thiophene rings is 1. The van der Waals surface area contributed by atoms with Crippen molar-refractivity contribution >= 4 is 56.5 Å². The van der Waals surface area contributed by atoms with Gasteiger partial charge in [-0.25, -0.2) is 0 Å². The number of thioether (sulfide) groups is 1. The normalized spacial score (nSPS) is 12.2. The molecule has 176 valence electrons. The molecule has 0 saturated carbocycles. The third kappa shape index (κ3) is 4.28. The fraction of sp³-hybridized carbons (Fsp3) is 0.154. The molecule has 0 aliphatic carbocycles. The summed E-state index contributed by atoms with van der Waals surface area (Å²) in [6.45, 7) is 5.84. The van der Waals surface area contributed by atoms with E-state index in [4.69, 9.17) is 5.73 Å². The first-order chi connectivity index (χ1) is 16.8. The first kappa shape index (κ1) is 23.1. The van der Waals surface area contributed by atoms with Gasteiger partial charge < -0.3 is 11.1 Å². The molecular formula is C26H23N5O2S2. The molecule has 0 aliphatic heterocycles. The molecule has 0 aliphatic rings. The highest BCUT2D eigenvalue weighted by molar-refractivity contribution is 8.00. The van der Waals surface area contributed by atoms with E-state index in [1.54, 1.807) is 6.92 Å². The Bertz CT molecular complexity index is 1590. The molecule has 5 rings (SSSR count). The Kier molecular flexibility index (Phi) is 6.04. The maximum absolute atomic E-state index is 13.1. The Balaban J connectivity index is 1.42. The molecule has 35 heavy (non-hydrogen) atoms. The van der Waals surface area contributed by atoms with Gasteiger partial charge in [0.25, 0.3) is 5.91 Å². The van der Waals surface area contributed by atoms with E-state index in [-0.39, 0.29) is 5.91 Å². The van der Waals surface area contributed by atoms with Crippen molar-refractivity contribution in [3.05, 3.63) is 76.7 Å². The molecule has 0 bridgehead atoms. The molecule has 0 fully saturated rings.